The Hall–Kier alpha value is -1.40. The van der Waals surface area contributed by atoms with Gasteiger partial charge in [-0.3, -0.25) is 9.48 Å². The number of nitrogens with one attached hydrogen (secondary N) is 1. The number of hydrogen-bond donors (Lipinski definition) is 1. The van der Waals surface area contributed by atoms with Crippen LogP contribution in [-0.2, 0) is 13.8 Å². The van der Waals surface area contributed by atoms with Gasteiger partial charge in [-0.1, -0.05) is 0 Å². The van der Waals surface area contributed by atoms with Crippen molar-refractivity contribution in [1.82, 2.24) is 29.5 Å². The van der Waals surface area contributed by atoms with Crippen LogP contribution in [0.5, 0.6) is 0 Å². The maximum atomic E-state index is 14.7. The van der Waals surface area contributed by atoms with Gasteiger partial charge < -0.3 is 28.9 Å². The second-order valence-electron chi connectivity index (χ2n) is 9.57. The predicted molar refractivity (Wildman–Crippen MR) is 143 cm³/mol. The van der Waals surface area contributed by atoms with Gasteiger partial charge in [-0.2, -0.15) is 14.6 Å². The third kappa shape index (κ3) is 9.11. The van der Waals surface area contributed by atoms with Crippen molar-refractivity contribution in [2.45, 2.75) is 57.9 Å². The third-order valence-corrected chi connectivity index (χ3v) is 8.13. The Kier molecular flexibility index (Phi) is 13.4. The molecule has 44 heavy (non-hydrogen) atoms. The zero-order chi connectivity index (χ0) is 30.0. The van der Waals surface area contributed by atoms with Gasteiger partial charge in [0.2, 0.25) is 5.95 Å². The number of rotatable bonds is 10. The van der Waals surface area contributed by atoms with Crippen LogP contribution in [-0.4, -0.2) is 48.1 Å². The van der Waals surface area contributed by atoms with Gasteiger partial charge in [-0.25, -0.2) is 19.0 Å². The molecule has 4 heterocycles. The van der Waals surface area contributed by atoms with E-state index in [-0.39, 0.29) is 94.0 Å². The van der Waals surface area contributed by atoms with E-state index in [1.165, 1.54) is 24.7 Å². The van der Waals surface area contributed by atoms with Crippen molar-refractivity contribution in [2.24, 2.45) is 0 Å². The number of amides is 1. The number of nitrogens with zero attached hydrogens (tertiary/aromatic N) is 6. The average molecular weight is 668 g/mol. The molecule has 0 radical (unpaired) electrons. The molecule has 5 rings (SSSR count). The molecule has 1 aliphatic carbocycles. The number of carbonyl (C=O) groups excluding carboxylic acids is 1. The molecule has 1 atom stereocenters. The van der Waals surface area contributed by atoms with Gasteiger partial charge in [0.05, 0.1) is 31.9 Å². The fourth-order valence-electron chi connectivity index (χ4n) is 4.72. The second kappa shape index (κ2) is 15.9. The molecular formula is C25H26F2N7Na2O6PS. The monoisotopic (exact) mass is 667 g/mol. The number of anilines is 1. The number of thiazole rings is 1. The van der Waals surface area contributed by atoms with Crippen LogP contribution in [0.3, 0.4) is 0 Å². The second-order valence-corrected chi connectivity index (χ2v) is 11.5. The standard InChI is InChI=1S/C25H28F2N7O6PS.2Na/c1-3-39-17-6-4-16(5-7-17)34-12-19(23(32-34)22-18(26)8-9-21(27)31-22)29-24(35)20-13-42-25(30-20)15-10-28-33(11-15)14(2)40-41(36,37)38;;/h8-14,16-17H,3-7H2,1-2H3,(H,29,35)(H2,36,37,38);;/q;2*+1/p-2. The van der Waals surface area contributed by atoms with Crippen molar-refractivity contribution in [3.8, 4) is 22.0 Å². The van der Waals surface area contributed by atoms with Crippen LogP contribution in [0.25, 0.3) is 22.0 Å². The van der Waals surface area contributed by atoms with Crippen LogP contribution < -0.4 is 74.2 Å². The molecule has 1 saturated carbocycles. The van der Waals surface area contributed by atoms with E-state index in [2.05, 4.69) is 30.0 Å². The summed E-state index contributed by atoms with van der Waals surface area (Å²) < 4.78 is 52.5. The Bertz CT molecular complexity index is 1630. The summed E-state index contributed by atoms with van der Waals surface area (Å²) >= 11 is 1.12. The van der Waals surface area contributed by atoms with Gasteiger partial charge in [-0.15, -0.1) is 11.3 Å². The van der Waals surface area contributed by atoms with Crippen LogP contribution >= 0.6 is 19.2 Å². The first-order valence-electron chi connectivity index (χ1n) is 13.1. The minimum absolute atomic E-state index is 0. The Morgan fingerprint density at radius 2 is 1.89 bits per heavy atom. The first-order chi connectivity index (χ1) is 20.0. The van der Waals surface area contributed by atoms with Gasteiger partial charge >= 0.3 is 59.1 Å². The van der Waals surface area contributed by atoms with Gasteiger partial charge in [0.15, 0.2) is 12.0 Å². The summed E-state index contributed by atoms with van der Waals surface area (Å²) in [5.41, 5.74) is 0.252. The minimum Gasteiger partial charge on any atom is -0.790 e. The largest absolute Gasteiger partial charge is 1.00 e. The van der Waals surface area contributed by atoms with E-state index >= 15 is 0 Å². The quantitative estimate of drug-likeness (QED) is 0.110. The smallest absolute Gasteiger partial charge is 0.790 e. The normalized spacial score (nSPS) is 17.4. The van der Waals surface area contributed by atoms with Gasteiger partial charge in [0.1, 0.15) is 22.1 Å². The molecule has 1 unspecified atom stereocenters. The average Bonchev–Trinajstić information content (AvgIpc) is 3.70. The zero-order valence-corrected chi connectivity index (χ0v) is 30.2. The molecule has 224 valence electrons. The number of hydrogen-bond acceptors (Lipinski definition) is 11. The summed E-state index contributed by atoms with van der Waals surface area (Å²) in [6.45, 7) is 3.90. The first-order valence-corrected chi connectivity index (χ1v) is 15.4. The van der Waals surface area contributed by atoms with E-state index in [4.69, 9.17) is 4.74 Å². The Morgan fingerprint density at radius 1 is 1.16 bits per heavy atom. The van der Waals surface area contributed by atoms with E-state index in [1.807, 2.05) is 6.92 Å². The third-order valence-electron chi connectivity index (χ3n) is 6.68. The van der Waals surface area contributed by atoms with Crippen LogP contribution in [0, 0.1) is 11.8 Å². The van der Waals surface area contributed by atoms with Gasteiger partial charge in [-0.05, 0) is 51.7 Å². The van der Waals surface area contributed by atoms with Crippen molar-refractivity contribution in [3.63, 3.8) is 0 Å². The number of ether oxygens (including phenoxy) is 1. The molecule has 13 nitrogen and oxygen atoms in total. The number of carbonyl (C=O) groups is 1. The van der Waals surface area contributed by atoms with Crippen LogP contribution in [0.4, 0.5) is 14.5 Å². The molecular weight excluding hydrogens is 641 g/mol. The van der Waals surface area contributed by atoms with Crippen molar-refractivity contribution < 1.29 is 96.3 Å². The van der Waals surface area contributed by atoms with Crippen LogP contribution in [0.2, 0.25) is 0 Å². The summed E-state index contributed by atoms with van der Waals surface area (Å²) in [4.78, 5) is 43.0. The Labute approximate surface area is 299 Å². The molecule has 0 spiro atoms. The zero-order valence-electron chi connectivity index (χ0n) is 24.5. The summed E-state index contributed by atoms with van der Waals surface area (Å²) in [5, 5.41) is 13.1. The molecule has 1 aliphatic rings. The number of phosphoric ester groups is 1. The number of pyridine rings is 1. The maximum absolute atomic E-state index is 14.7. The molecule has 0 aliphatic heterocycles. The fraction of sp³-hybridized carbons (Fsp3) is 0.400. The Morgan fingerprint density at radius 3 is 2.57 bits per heavy atom. The van der Waals surface area contributed by atoms with Crippen molar-refractivity contribution in [3.05, 3.63) is 53.6 Å². The molecule has 1 N–H and O–H groups in total. The number of aromatic nitrogens is 6. The predicted octanol–water partition coefficient (Wildman–Crippen LogP) is -2.31. The summed E-state index contributed by atoms with van der Waals surface area (Å²) in [5.74, 6) is -2.32. The molecule has 0 bridgehead atoms. The summed E-state index contributed by atoms with van der Waals surface area (Å²) in [7, 11) is -5.23. The Balaban J connectivity index is 0.00000264. The number of phosphoric acid groups is 1. The van der Waals surface area contributed by atoms with E-state index in [0.717, 1.165) is 53.8 Å². The van der Waals surface area contributed by atoms with Gasteiger partial charge in [0, 0.05) is 29.9 Å². The van der Waals surface area contributed by atoms with E-state index in [9.17, 15) is 27.9 Å². The molecule has 0 saturated heterocycles. The molecule has 4 aromatic heterocycles. The summed E-state index contributed by atoms with van der Waals surface area (Å²) in [6, 6.07) is 1.81. The van der Waals surface area contributed by atoms with Crippen molar-refractivity contribution in [2.75, 3.05) is 11.9 Å². The van der Waals surface area contributed by atoms with Gasteiger partial charge in [0.25, 0.3) is 5.91 Å². The SMILES string of the molecule is CCOC1CCC(n2cc(NC(=O)c3csc(-c4cnn(C(C)OP(=O)([O-])[O-])c4)n3)c(-c3nc(F)ccc3F)n2)CC1.[Na+].[Na+]. The fourth-order valence-corrected chi connectivity index (χ4v) is 5.97. The van der Waals surface area contributed by atoms with Crippen molar-refractivity contribution >= 4 is 30.8 Å². The minimum atomic E-state index is -5.23. The van der Waals surface area contributed by atoms with E-state index in [0.29, 0.717) is 17.2 Å². The topological polar surface area (TPSA) is 172 Å². The first kappa shape index (κ1) is 37.1. The number of halogens is 2. The summed E-state index contributed by atoms with van der Waals surface area (Å²) in [6.07, 6.45) is 6.50. The molecule has 4 aromatic rings. The van der Waals surface area contributed by atoms with Crippen LogP contribution in [0.1, 0.15) is 62.3 Å². The van der Waals surface area contributed by atoms with E-state index in [1.54, 1.807) is 10.9 Å². The van der Waals surface area contributed by atoms with Crippen molar-refractivity contribution in [1.29, 1.82) is 0 Å². The molecule has 1 amide bonds. The maximum Gasteiger partial charge on any atom is 1.00 e. The van der Waals surface area contributed by atoms with E-state index < -0.39 is 31.7 Å². The molecule has 19 heteroatoms. The molecule has 1 fully saturated rings. The van der Waals surface area contributed by atoms with Crippen LogP contribution in [0.15, 0.2) is 36.1 Å². The molecule has 0 aromatic carbocycles.